The summed E-state index contributed by atoms with van der Waals surface area (Å²) >= 11 is 0. The molecule has 0 spiro atoms. The average Bonchev–Trinajstić information content (AvgIpc) is 2.98. The van der Waals surface area contributed by atoms with E-state index in [1.54, 1.807) is 17.1 Å². The highest BCUT2D eigenvalue weighted by molar-refractivity contribution is 5.79. The molecular weight excluding hydrogens is 280 g/mol. The van der Waals surface area contributed by atoms with Crippen LogP contribution in [0.25, 0.3) is 0 Å². The van der Waals surface area contributed by atoms with Gasteiger partial charge in [0.2, 0.25) is 5.91 Å². The van der Waals surface area contributed by atoms with E-state index in [0.29, 0.717) is 25.4 Å². The molecule has 3 unspecified atom stereocenters. The monoisotopic (exact) mass is 306 g/mol. The van der Waals surface area contributed by atoms with Crippen LogP contribution in [-0.2, 0) is 11.3 Å². The summed E-state index contributed by atoms with van der Waals surface area (Å²) in [7, 11) is 0. The molecule has 2 heterocycles. The second-order valence-electron chi connectivity index (χ2n) is 7.16. The van der Waals surface area contributed by atoms with Crippen molar-refractivity contribution in [3.63, 3.8) is 0 Å². The van der Waals surface area contributed by atoms with Crippen molar-refractivity contribution >= 4 is 5.91 Å². The van der Waals surface area contributed by atoms with Gasteiger partial charge < -0.3 is 10.0 Å². The minimum atomic E-state index is -0.887. The summed E-state index contributed by atoms with van der Waals surface area (Å²) in [5.74, 6) is 1.03. The van der Waals surface area contributed by atoms with Gasteiger partial charge in [-0.25, -0.2) is 4.68 Å². The van der Waals surface area contributed by atoms with Crippen LogP contribution in [0, 0.1) is 11.8 Å². The molecule has 1 aromatic heterocycles. The van der Waals surface area contributed by atoms with E-state index in [2.05, 4.69) is 17.2 Å². The van der Waals surface area contributed by atoms with Gasteiger partial charge in [-0.1, -0.05) is 25.0 Å². The number of carbonyl (C=O) groups excluding carboxylic acids is 1. The summed E-state index contributed by atoms with van der Waals surface area (Å²) < 4.78 is 1.65. The highest BCUT2D eigenvalue weighted by atomic mass is 16.3. The molecule has 2 fully saturated rings. The molecule has 122 valence electrons. The first kappa shape index (κ1) is 15.5. The molecule has 2 aliphatic rings. The Labute approximate surface area is 131 Å². The summed E-state index contributed by atoms with van der Waals surface area (Å²) in [6.45, 7) is 3.81. The Kier molecular flexibility index (Phi) is 4.47. The number of nitrogens with zero attached hydrogens (tertiary/aromatic N) is 4. The standard InChI is InChI=1S/C16H26N4O2/c1-13-4-2-5-14(10-13)15(21)19-8-3-6-16(22,11-19)12-20-9-7-17-18-20/h7,9,13-14,22H,2-6,8,10-12H2,1H3. The second-order valence-corrected chi connectivity index (χ2v) is 7.16. The molecule has 1 amide bonds. The number of likely N-dealkylation sites (tertiary alicyclic amines) is 1. The summed E-state index contributed by atoms with van der Waals surface area (Å²) in [5.41, 5.74) is -0.887. The minimum Gasteiger partial charge on any atom is -0.386 e. The first-order valence-corrected chi connectivity index (χ1v) is 8.41. The number of hydrogen-bond acceptors (Lipinski definition) is 4. The van der Waals surface area contributed by atoms with Gasteiger partial charge in [0, 0.05) is 18.7 Å². The maximum atomic E-state index is 12.8. The third-order valence-electron chi connectivity index (χ3n) is 5.08. The lowest BCUT2D eigenvalue weighted by atomic mass is 9.81. The van der Waals surface area contributed by atoms with Crippen molar-refractivity contribution in [3.05, 3.63) is 12.4 Å². The third kappa shape index (κ3) is 3.48. The van der Waals surface area contributed by atoms with Gasteiger partial charge in [-0.15, -0.1) is 5.10 Å². The van der Waals surface area contributed by atoms with E-state index in [9.17, 15) is 9.90 Å². The van der Waals surface area contributed by atoms with Gasteiger partial charge in [-0.2, -0.15) is 0 Å². The predicted molar refractivity (Wildman–Crippen MR) is 81.9 cm³/mol. The van der Waals surface area contributed by atoms with E-state index >= 15 is 0 Å². The van der Waals surface area contributed by atoms with Gasteiger partial charge >= 0.3 is 0 Å². The highest BCUT2D eigenvalue weighted by Crippen LogP contribution is 2.32. The molecule has 1 saturated heterocycles. The quantitative estimate of drug-likeness (QED) is 0.917. The van der Waals surface area contributed by atoms with E-state index in [1.165, 1.54) is 6.42 Å². The van der Waals surface area contributed by atoms with E-state index in [4.69, 9.17) is 0 Å². The van der Waals surface area contributed by atoms with Gasteiger partial charge in [-0.3, -0.25) is 4.79 Å². The van der Waals surface area contributed by atoms with Crippen LogP contribution in [0.5, 0.6) is 0 Å². The largest absolute Gasteiger partial charge is 0.386 e. The smallest absolute Gasteiger partial charge is 0.225 e. The average molecular weight is 306 g/mol. The maximum Gasteiger partial charge on any atom is 0.225 e. The lowest BCUT2D eigenvalue weighted by Gasteiger charge is -2.41. The minimum absolute atomic E-state index is 0.150. The topological polar surface area (TPSA) is 71.2 Å². The first-order valence-electron chi connectivity index (χ1n) is 8.41. The fourth-order valence-electron chi connectivity index (χ4n) is 3.96. The van der Waals surface area contributed by atoms with Crippen molar-refractivity contribution < 1.29 is 9.90 Å². The van der Waals surface area contributed by atoms with E-state index < -0.39 is 5.60 Å². The summed E-state index contributed by atoms with van der Waals surface area (Å²) in [6.07, 6.45) is 9.30. The number of aliphatic hydroxyl groups is 1. The van der Waals surface area contributed by atoms with Crippen LogP contribution in [-0.4, -0.2) is 49.6 Å². The Bertz CT molecular complexity index is 504. The van der Waals surface area contributed by atoms with Crippen molar-refractivity contribution in [1.29, 1.82) is 0 Å². The van der Waals surface area contributed by atoms with E-state index in [0.717, 1.165) is 32.2 Å². The molecule has 3 rings (SSSR count). The molecule has 0 bridgehead atoms. The molecule has 6 heteroatoms. The molecule has 1 N–H and O–H groups in total. The van der Waals surface area contributed by atoms with Crippen LogP contribution in [0.3, 0.4) is 0 Å². The lowest BCUT2D eigenvalue weighted by molar-refractivity contribution is -0.145. The fraction of sp³-hybridized carbons (Fsp3) is 0.812. The number of amides is 1. The Hall–Kier alpha value is -1.43. The highest BCUT2D eigenvalue weighted by Gasteiger charge is 2.38. The zero-order valence-electron chi connectivity index (χ0n) is 13.3. The van der Waals surface area contributed by atoms with Crippen LogP contribution in [0.15, 0.2) is 12.4 Å². The number of piperidine rings is 1. The molecule has 1 saturated carbocycles. The van der Waals surface area contributed by atoms with Crippen molar-refractivity contribution in [3.8, 4) is 0 Å². The molecule has 1 aliphatic heterocycles. The van der Waals surface area contributed by atoms with Crippen molar-refractivity contribution in [2.45, 2.75) is 57.6 Å². The Balaban J connectivity index is 1.63. The number of hydrogen-bond donors (Lipinski definition) is 1. The molecule has 22 heavy (non-hydrogen) atoms. The summed E-state index contributed by atoms with van der Waals surface area (Å²) in [6, 6.07) is 0. The molecule has 0 aromatic carbocycles. The van der Waals surface area contributed by atoms with Gasteiger partial charge in [0.05, 0.1) is 19.3 Å². The van der Waals surface area contributed by atoms with Gasteiger partial charge in [0.1, 0.15) is 5.60 Å². The van der Waals surface area contributed by atoms with Gasteiger partial charge in [0.25, 0.3) is 0 Å². The number of aromatic nitrogens is 3. The number of carbonyl (C=O) groups is 1. The molecule has 3 atom stereocenters. The first-order chi connectivity index (χ1) is 10.6. The van der Waals surface area contributed by atoms with Gasteiger partial charge in [-0.05, 0) is 31.6 Å². The van der Waals surface area contributed by atoms with Crippen molar-refractivity contribution in [2.24, 2.45) is 11.8 Å². The van der Waals surface area contributed by atoms with Crippen LogP contribution in [0.4, 0.5) is 0 Å². The fourth-order valence-corrected chi connectivity index (χ4v) is 3.96. The van der Waals surface area contributed by atoms with Crippen LogP contribution in [0.1, 0.15) is 45.4 Å². The van der Waals surface area contributed by atoms with Crippen molar-refractivity contribution in [2.75, 3.05) is 13.1 Å². The number of rotatable bonds is 3. The van der Waals surface area contributed by atoms with Crippen LogP contribution < -0.4 is 0 Å². The summed E-state index contributed by atoms with van der Waals surface area (Å²) in [5, 5.41) is 18.5. The predicted octanol–water partition coefficient (Wildman–Crippen LogP) is 1.46. The molecule has 1 aromatic rings. The Morgan fingerprint density at radius 2 is 2.27 bits per heavy atom. The van der Waals surface area contributed by atoms with Crippen LogP contribution in [0.2, 0.25) is 0 Å². The Morgan fingerprint density at radius 3 is 3.00 bits per heavy atom. The second kappa shape index (κ2) is 6.36. The normalized spacial score (nSPS) is 32.9. The van der Waals surface area contributed by atoms with E-state index in [1.807, 2.05) is 4.90 Å². The zero-order chi connectivity index (χ0) is 15.6. The molecular formula is C16H26N4O2. The molecule has 0 radical (unpaired) electrons. The van der Waals surface area contributed by atoms with Crippen molar-refractivity contribution in [1.82, 2.24) is 19.9 Å². The zero-order valence-corrected chi connectivity index (χ0v) is 13.3. The summed E-state index contributed by atoms with van der Waals surface area (Å²) in [4.78, 5) is 14.6. The van der Waals surface area contributed by atoms with E-state index in [-0.39, 0.29) is 11.8 Å². The number of β-amino-alcohol motifs (C(OH)–C–C–N with tert-alkyl or cyclic N) is 1. The SMILES string of the molecule is CC1CCCC(C(=O)N2CCCC(O)(Cn3ccnn3)C2)C1. The third-order valence-corrected chi connectivity index (χ3v) is 5.08. The van der Waals surface area contributed by atoms with Crippen LogP contribution >= 0.6 is 0 Å². The molecule has 6 nitrogen and oxygen atoms in total. The maximum absolute atomic E-state index is 12.8. The lowest BCUT2D eigenvalue weighted by Crippen LogP contribution is -2.54. The Morgan fingerprint density at radius 1 is 1.41 bits per heavy atom. The van der Waals surface area contributed by atoms with Gasteiger partial charge in [0.15, 0.2) is 0 Å². The molecule has 1 aliphatic carbocycles.